The van der Waals surface area contributed by atoms with Gasteiger partial charge in [0, 0.05) is 12.6 Å². The smallest absolute Gasteiger partial charge is 0.0958 e. The van der Waals surface area contributed by atoms with Gasteiger partial charge in [-0.1, -0.05) is 13.3 Å². The normalized spacial score (nSPS) is 13.0. The molecule has 3 nitrogen and oxygen atoms in total. The van der Waals surface area contributed by atoms with Crippen molar-refractivity contribution in [1.29, 1.82) is 0 Å². The van der Waals surface area contributed by atoms with Crippen LogP contribution in [-0.2, 0) is 6.54 Å². The highest BCUT2D eigenvalue weighted by atomic mass is 15.0. The van der Waals surface area contributed by atoms with E-state index in [1.54, 1.807) is 0 Å². The van der Waals surface area contributed by atoms with Crippen LogP contribution in [0.15, 0.2) is 18.5 Å². The Bertz CT molecular complexity index is 571. The molecule has 1 aromatic heterocycles. The maximum absolute atomic E-state index is 4.53. The van der Waals surface area contributed by atoms with E-state index in [0.717, 1.165) is 18.6 Å². The van der Waals surface area contributed by atoms with Crippen molar-refractivity contribution in [3.63, 3.8) is 0 Å². The van der Waals surface area contributed by atoms with Gasteiger partial charge in [0.25, 0.3) is 0 Å². The van der Waals surface area contributed by atoms with Crippen LogP contribution in [0.2, 0.25) is 0 Å². The zero-order valence-corrected chi connectivity index (χ0v) is 13.9. The summed E-state index contributed by atoms with van der Waals surface area (Å²) in [6, 6.07) is 5.09. The number of nitrogens with one attached hydrogen (secondary N) is 1. The molecule has 0 aliphatic heterocycles. The molecule has 1 aromatic carbocycles. The maximum Gasteiger partial charge on any atom is 0.0958 e. The molecule has 1 heterocycles. The van der Waals surface area contributed by atoms with Crippen molar-refractivity contribution >= 4 is 11.0 Å². The summed E-state index contributed by atoms with van der Waals surface area (Å²) >= 11 is 0. The summed E-state index contributed by atoms with van der Waals surface area (Å²) in [6.07, 6.45) is 6.94. The maximum atomic E-state index is 4.53. The number of hydrogen-bond donors (Lipinski definition) is 1. The van der Waals surface area contributed by atoms with Gasteiger partial charge in [0.15, 0.2) is 0 Å². The number of unbranched alkanes of at least 4 members (excludes halogenated alkanes) is 1. The highest BCUT2D eigenvalue weighted by Crippen LogP contribution is 2.19. The quantitative estimate of drug-likeness (QED) is 0.737. The monoisotopic (exact) mass is 287 g/mol. The number of imidazole rings is 1. The molecule has 0 saturated carbocycles. The number of aromatic nitrogens is 2. The number of benzene rings is 1. The number of nitrogens with zero attached hydrogens (tertiary/aromatic N) is 2. The third kappa shape index (κ3) is 4.31. The molecule has 0 bridgehead atoms. The summed E-state index contributed by atoms with van der Waals surface area (Å²) in [7, 11) is 0. The summed E-state index contributed by atoms with van der Waals surface area (Å²) in [5, 5.41) is 3.55. The molecule has 0 aliphatic rings. The third-order valence-electron chi connectivity index (χ3n) is 4.27. The van der Waals surface area contributed by atoms with Crippen LogP contribution in [0.25, 0.3) is 11.0 Å². The first-order valence-corrected chi connectivity index (χ1v) is 8.27. The molecule has 0 radical (unpaired) electrons. The molecule has 1 N–H and O–H groups in total. The molecular weight excluding hydrogens is 258 g/mol. The molecule has 21 heavy (non-hydrogen) atoms. The number of hydrogen-bond acceptors (Lipinski definition) is 2. The van der Waals surface area contributed by atoms with Gasteiger partial charge in [0.05, 0.1) is 17.4 Å². The minimum Gasteiger partial charge on any atom is -0.331 e. The van der Waals surface area contributed by atoms with Crippen LogP contribution in [-0.4, -0.2) is 22.1 Å². The van der Waals surface area contributed by atoms with Crippen LogP contribution >= 0.6 is 0 Å². The molecule has 1 atom stereocenters. The summed E-state index contributed by atoms with van der Waals surface area (Å²) < 4.78 is 2.30. The highest BCUT2D eigenvalue weighted by molar-refractivity contribution is 5.77. The first-order chi connectivity index (χ1) is 10.1. The molecular formula is C18H29N3. The van der Waals surface area contributed by atoms with E-state index in [1.165, 1.54) is 42.3 Å². The molecule has 0 saturated heterocycles. The molecule has 1 unspecified atom stereocenters. The van der Waals surface area contributed by atoms with Crippen molar-refractivity contribution < 1.29 is 0 Å². The lowest BCUT2D eigenvalue weighted by Gasteiger charge is -2.13. The van der Waals surface area contributed by atoms with Crippen LogP contribution in [0.4, 0.5) is 0 Å². The average Bonchev–Trinajstić information content (AvgIpc) is 2.84. The van der Waals surface area contributed by atoms with Gasteiger partial charge in [-0.2, -0.15) is 0 Å². The van der Waals surface area contributed by atoms with Crippen molar-refractivity contribution in [2.24, 2.45) is 0 Å². The minimum absolute atomic E-state index is 0.634. The Hall–Kier alpha value is -1.35. The fourth-order valence-corrected chi connectivity index (χ4v) is 2.72. The average molecular weight is 287 g/mol. The van der Waals surface area contributed by atoms with Gasteiger partial charge in [-0.25, -0.2) is 4.98 Å². The largest absolute Gasteiger partial charge is 0.331 e. The van der Waals surface area contributed by atoms with E-state index >= 15 is 0 Å². The van der Waals surface area contributed by atoms with Crippen LogP contribution in [0.3, 0.4) is 0 Å². The first-order valence-electron chi connectivity index (χ1n) is 8.27. The zero-order valence-electron chi connectivity index (χ0n) is 13.9. The predicted molar refractivity (Wildman–Crippen MR) is 90.8 cm³/mol. The van der Waals surface area contributed by atoms with Gasteiger partial charge in [0.2, 0.25) is 0 Å². The minimum atomic E-state index is 0.634. The summed E-state index contributed by atoms with van der Waals surface area (Å²) in [4.78, 5) is 4.53. The van der Waals surface area contributed by atoms with Gasteiger partial charge in [-0.05, 0) is 69.8 Å². The van der Waals surface area contributed by atoms with Crippen LogP contribution in [0.5, 0.6) is 0 Å². The Labute approximate surface area is 128 Å². The lowest BCUT2D eigenvalue weighted by Crippen LogP contribution is -2.26. The van der Waals surface area contributed by atoms with Crippen LogP contribution in [0.1, 0.15) is 50.7 Å². The lowest BCUT2D eigenvalue weighted by atomic mass is 10.1. The van der Waals surface area contributed by atoms with E-state index in [1.807, 2.05) is 6.33 Å². The molecule has 2 aromatic rings. The van der Waals surface area contributed by atoms with Crippen molar-refractivity contribution in [3.8, 4) is 0 Å². The lowest BCUT2D eigenvalue weighted by molar-refractivity contribution is 0.477. The van der Waals surface area contributed by atoms with Crippen molar-refractivity contribution in [3.05, 3.63) is 29.6 Å². The molecule has 0 spiro atoms. The second-order valence-electron chi connectivity index (χ2n) is 6.21. The molecule has 0 amide bonds. The summed E-state index contributed by atoms with van der Waals surface area (Å²) in [5.41, 5.74) is 5.07. The van der Waals surface area contributed by atoms with E-state index in [-0.39, 0.29) is 0 Å². The Balaban J connectivity index is 1.85. The summed E-state index contributed by atoms with van der Waals surface area (Å²) in [5.74, 6) is 0. The SMILES string of the molecule is CCCNC(C)CCCCn1cnc2cc(C)c(C)cc21. The second kappa shape index (κ2) is 7.60. The van der Waals surface area contributed by atoms with Gasteiger partial charge < -0.3 is 9.88 Å². The molecule has 0 fully saturated rings. The Kier molecular flexibility index (Phi) is 5.80. The van der Waals surface area contributed by atoms with Crippen molar-refractivity contribution in [1.82, 2.24) is 14.9 Å². The van der Waals surface area contributed by atoms with E-state index in [4.69, 9.17) is 0 Å². The topological polar surface area (TPSA) is 29.9 Å². The number of fused-ring (bicyclic) bond motifs is 1. The molecule has 2 rings (SSSR count). The van der Waals surface area contributed by atoms with Gasteiger partial charge >= 0.3 is 0 Å². The van der Waals surface area contributed by atoms with E-state index in [9.17, 15) is 0 Å². The van der Waals surface area contributed by atoms with Crippen molar-refractivity contribution in [2.45, 2.75) is 66.0 Å². The Morgan fingerprint density at radius 2 is 1.95 bits per heavy atom. The standard InChI is InChI=1S/C18H29N3/c1-5-9-19-16(4)8-6-7-10-21-13-20-17-11-14(2)15(3)12-18(17)21/h11-13,16,19H,5-10H2,1-4H3. The van der Waals surface area contributed by atoms with Gasteiger partial charge in [0.1, 0.15) is 0 Å². The predicted octanol–water partition coefficient (Wildman–Crippen LogP) is 4.21. The summed E-state index contributed by atoms with van der Waals surface area (Å²) in [6.45, 7) is 11.0. The van der Waals surface area contributed by atoms with Crippen LogP contribution < -0.4 is 5.32 Å². The highest BCUT2D eigenvalue weighted by Gasteiger charge is 2.05. The van der Waals surface area contributed by atoms with Gasteiger partial charge in [-0.3, -0.25) is 0 Å². The third-order valence-corrected chi connectivity index (χ3v) is 4.27. The molecule has 116 valence electrons. The van der Waals surface area contributed by atoms with E-state index in [2.05, 4.69) is 54.7 Å². The fourth-order valence-electron chi connectivity index (χ4n) is 2.72. The molecule has 3 heteroatoms. The van der Waals surface area contributed by atoms with E-state index < -0.39 is 0 Å². The number of rotatable bonds is 8. The zero-order chi connectivity index (χ0) is 15.2. The van der Waals surface area contributed by atoms with Gasteiger partial charge in [-0.15, -0.1) is 0 Å². The fraction of sp³-hybridized carbons (Fsp3) is 0.611. The van der Waals surface area contributed by atoms with E-state index in [0.29, 0.717) is 6.04 Å². The first kappa shape index (κ1) is 16.0. The second-order valence-corrected chi connectivity index (χ2v) is 6.21. The van der Waals surface area contributed by atoms with Crippen LogP contribution in [0, 0.1) is 13.8 Å². The molecule has 0 aliphatic carbocycles. The Morgan fingerprint density at radius 3 is 2.71 bits per heavy atom. The Morgan fingerprint density at radius 1 is 1.19 bits per heavy atom. The van der Waals surface area contributed by atoms with Crippen molar-refractivity contribution in [2.75, 3.05) is 6.54 Å². The number of aryl methyl sites for hydroxylation is 3.